The molecule has 0 N–H and O–H groups in total. The van der Waals surface area contributed by atoms with Gasteiger partial charge in [0.25, 0.3) is 0 Å². The van der Waals surface area contributed by atoms with Crippen molar-refractivity contribution >= 4 is 5.69 Å². The van der Waals surface area contributed by atoms with Gasteiger partial charge in [-0.25, -0.2) is 0 Å². The van der Waals surface area contributed by atoms with Gasteiger partial charge in [-0.1, -0.05) is 19.1 Å². The summed E-state index contributed by atoms with van der Waals surface area (Å²) >= 11 is 0. The minimum absolute atomic E-state index is 0.162. The van der Waals surface area contributed by atoms with E-state index < -0.39 is 0 Å². The van der Waals surface area contributed by atoms with Crippen molar-refractivity contribution in [2.24, 2.45) is 5.92 Å². The molecule has 1 unspecified atom stereocenters. The molecule has 96 valence electrons. The van der Waals surface area contributed by atoms with Gasteiger partial charge in [-0.05, 0) is 50.3 Å². The lowest BCUT2D eigenvalue weighted by Gasteiger charge is -2.33. The number of rotatable bonds is 3. The molecule has 2 rings (SSSR count). The highest BCUT2D eigenvalue weighted by Gasteiger charge is 2.38. The first-order valence-electron chi connectivity index (χ1n) is 6.80. The van der Waals surface area contributed by atoms with Crippen molar-refractivity contribution in [1.82, 2.24) is 0 Å². The summed E-state index contributed by atoms with van der Waals surface area (Å²) in [6.45, 7) is 7.74. The van der Waals surface area contributed by atoms with Crippen LogP contribution in [0.2, 0.25) is 0 Å². The highest BCUT2D eigenvalue weighted by atomic mass is 15.2. The molecule has 2 heteroatoms. The SMILES string of the molecule is CCc1ccc(N2CC(CC#N)CC2(C)C)cc1. The zero-order valence-corrected chi connectivity index (χ0v) is 11.6. The smallest absolute Gasteiger partial charge is 0.0625 e. The van der Waals surface area contributed by atoms with Gasteiger partial charge in [-0.2, -0.15) is 5.26 Å². The monoisotopic (exact) mass is 242 g/mol. The van der Waals surface area contributed by atoms with Crippen molar-refractivity contribution in [3.05, 3.63) is 29.8 Å². The number of hydrogen-bond acceptors (Lipinski definition) is 2. The van der Waals surface area contributed by atoms with Crippen LogP contribution in [-0.2, 0) is 6.42 Å². The Kier molecular flexibility index (Phi) is 3.61. The number of anilines is 1. The number of benzene rings is 1. The third-order valence-corrected chi connectivity index (χ3v) is 4.00. The molecule has 1 heterocycles. The zero-order valence-electron chi connectivity index (χ0n) is 11.6. The van der Waals surface area contributed by atoms with Gasteiger partial charge in [0.05, 0.1) is 6.07 Å². The molecule has 1 aromatic rings. The van der Waals surface area contributed by atoms with Crippen LogP contribution in [0.5, 0.6) is 0 Å². The maximum atomic E-state index is 8.85. The van der Waals surface area contributed by atoms with Gasteiger partial charge < -0.3 is 4.90 Å². The summed E-state index contributed by atoms with van der Waals surface area (Å²) in [7, 11) is 0. The summed E-state index contributed by atoms with van der Waals surface area (Å²) in [4.78, 5) is 2.45. The van der Waals surface area contributed by atoms with Crippen molar-refractivity contribution in [1.29, 1.82) is 5.26 Å². The zero-order chi connectivity index (χ0) is 13.2. The number of nitrogens with zero attached hydrogens (tertiary/aromatic N) is 2. The Morgan fingerprint density at radius 3 is 2.56 bits per heavy atom. The van der Waals surface area contributed by atoms with Crippen molar-refractivity contribution in [3.63, 3.8) is 0 Å². The van der Waals surface area contributed by atoms with E-state index in [0.29, 0.717) is 12.3 Å². The molecule has 0 spiro atoms. The Balaban J connectivity index is 2.18. The quantitative estimate of drug-likeness (QED) is 0.806. The van der Waals surface area contributed by atoms with Crippen molar-refractivity contribution in [2.45, 2.75) is 45.6 Å². The van der Waals surface area contributed by atoms with E-state index in [1.165, 1.54) is 11.3 Å². The first kappa shape index (κ1) is 13.0. The van der Waals surface area contributed by atoms with Gasteiger partial charge in [0.1, 0.15) is 0 Å². The molecular formula is C16H22N2. The van der Waals surface area contributed by atoms with E-state index in [1.54, 1.807) is 0 Å². The summed E-state index contributed by atoms with van der Waals surface area (Å²) in [5.74, 6) is 0.510. The fourth-order valence-corrected chi connectivity index (χ4v) is 3.02. The molecule has 1 atom stereocenters. The third kappa shape index (κ3) is 2.51. The fraction of sp³-hybridized carbons (Fsp3) is 0.562. The molecular weight excluding hydrogens is 220 g/mol. The van der Waals surface area contributed by atoms with Crippen LogP contribution in [0.4, 0.5) is 5.69 Å². The molecule has 1 fully saturated rings. The minimum Gasteiger partial charge on any atom is -0.366 e. The number of aryl methyl sites for hydroxylation is 1. The fourth-order valence-electron chi connectivity index (χ4n) is 3.02. The van der Waals surface area contributed by atoms with E-state index >= 15 is 0 Å². The first-order chi connectivity index (χ1) is 8.56. The molecule has 0 aliphatic carbocycles. The second-order valence-electron chi connectivity index (χ2n) is 5.88. The molecule has 2 nitrogen and oxygen atoms in total. The molecule has 18 heavy (non-hydrogen) atoms. The average molecular weight is 242 g/mol. The maximum absolute atomic E-state index is 8.85. The van der Waals surface area contributed by atoms with Crippen LogP contribution in [0.1, 0.15) is 39.2 Å². The van der Waals surface area contributed by atoms with Gasteiger partial charge in [0, 0.05) is 24.2 Å². The summed E-state index contributed by atoms with van der Waals surface area (Å²) in [6, 6.07) is 11.2. The lowest BCUT2D eigenvalue weighted by Crippen LogP contribution is -2.38. The summed E-state index contributed by atoms with van der Waals surface area (Å²) in [5.41, 5.74) is 2.83. The molecule has 1 saturated heterocycles. The van der Waals surface area contributed by atoms with Crippen molar-refractivity contribution in [3.8, 4) is 6.07 Å². The van der Waals surface area contributed by atoms with Gasteiger partial charge in [0.15, 0.2) is 0 Å². The van der Waals surface area contributed by atoms with Crippen molar-refractivity contribution in [2.75, 3.05) is 11.4 Å². The van der Waals surface area contributed by atoms with Crippen molar-refractivity contribution < 1.29 is 0 Å². The van der Waals surface area contributed by atoms with E-state index in [4.69, 9.17) is 5.26 Å². The second-order valence-corrected chi connectivity index (χ2v) is 5.88. The van der Waals surface area contributed by atoms with E-state index in [9.17, 15) is 0 Å². The lowest BCUT2D eigenvalue weighted by atomic mass is 9.94. The largest absolute Gasteiger partial charge is 0.366 e. The van der Waals surface area contributed by atoms with E-state index in [-0.39, 0.29) is 5.54 Å². The summed E-state index contributed by atoms with van der Waals surface area (Å²) < 4.78 is 0. The Hall–Kier alpha value is -1.49. The van der Waals surface area contributed by atoms with Gasteiger partial charge in [0.2, 0.25) is 0 Å². The molecule has 1 aromatic carbocycles. The maximum Gasteiger partial charge on any atom is 0.0625 e. The lowest BCUT2D eigenvalue weighted by molar-refractivity contribution is 0.476. The normalized spacial score (nSPS) is 21.9. The predicted molar refractivity (Wildman–Crippen MR) is 75.6 cm³/mol. The highest BCUT2D eigenvalue weighted by Crippen LogP contribution is 2.37. The Labute approximate surface area is 110 Å². The van der Waals surface area contributed by atoms with Crippen LogP contribution in [0.15, 0.2) is 24.3 Å². The summed E-state index contributed by atoms with van der Waals surface area (Å²) in [6.07, 6.45) is 2.86. The molecule has 0 amide bonds. The van der Waals surface area contributed by atoms with Gasteiger partial charge in [-0.3, -0.25) is 0 Å². The van der Waals surface area contributed by atoms with Crippen LogP contribution < -0.4 is 4.90 Å². The Bertz CT molecular complexity index is 439. The van der Waals surface area contributed by atoms with Crippen LogP contribution in [0.3, 0.4) is 0 Å². The average Bonchev–Trinajstić information content (AvgIpc) is 2.65. The van der Waals surface area contributed by atoms with Crippen LogP contribution >= 0.6 is 0 Å². The van der Waals surface area contributed by atoms with Crippen LogP contribution in [-0.4, -0.2) is 12.1 Å². The molecule has 0 radical (unpaired) electrons. The van der Waals surface area contributed by atoms with E-state index in [2.05, 4.69) is 56.0 Å². The summed E-state index contributed by atoms with van der Waals surface area (Å²) in [5, 5.41) is 8.85. The number of nitriles is 1. The van der Waals surface area contributed by atoms with E-state index in [1.807, 2.05) is 0 Å². The standard InChI is InChI=1S/C16H22N2/c1-4-13-5-7-15(8-6-13)18-12-14(9-10-17)11-16(18,2)3/h5-8,14H,4,9,11-12H2,1-3H3. The predicted octanol–water partition coefficient (Wildman–Crippen LogP) is 3.77. The van der Waals surface area contributed by atoms with Crippen LogP contribution in [0.25, 0.3) is 0 Å². The second kappa shape index (κ2) is 5.02. The molecule has 1 aliphatic rings. The topological polar surface area (TPSA) is 27.0 Å². The molecule has 0 saturated carbocycles. The van der Waals surface area contributed by atoms with Gasteiger partial charge >= 0.3 is 0 Å². The first-order valence-corrected chi connectivity index (χ1v) is 6.80. The Morgan fingerprint density at radius 2 is 2.00 bits per heavy atom. The molecule has 1 aliphatic heterocycles. The molecule has 0 bridgehead atoms. The molecule has 0 aromatic heterocycles. The van der Waals surface area contributed by atoms with Gasteiger partial charge in [-0.15, -0.1) is 0 Å². The van der Waals surface area contributed by atoms with Crippen LogP contribution in [0, 0.1) is 17.2 Å². The Morgan fingerprint density at radius 1 is 1.33 bits per heavy atom. The number of hydrogen-bond donors (Lipinski definition) is 0. The van der Waals surface area contributed by atoms with E-state index in [0.717, 1.165) is 19.4 Å². The minimum atomic E-state index is 0.162. The highest BCUT2D eigenvalue weighted by molar-refractivity contribution is 5.51. The third-order valence-electron chi connectivity index (χ3n) is 4.00.